The number of likely N-dealkylation sites (N-methyl/N-ethyl adjacent to an activating group) is 2. The Morgan fingerprint density at radius 2 is 0.921 bits per heavy atom. The molecule has 2 amide bonds. The van der Waals surface area contributed by atoms with Crippen LogP contribution in [0.25, 0.3) is 32.7 Å². The summed E-state index contributed by atoms with van der Waals surface area (Å²) in [5, 5.41) is 4.05. The summed E-state index contributed by atoms with van der Waals surface area (Å²) in [6, 6.07) is 24.0. The van der Waals surface area contributed by atoms with Crippen molar-refractivity contribution < 1.29 is 19.1 Å². The molecule has 6 heteroatoms. The predicted molar refractivity (Wildman–Crippen MR) is 154 cm³/mol. The van der Waals surface area contributed by atoms with E-state index in [-0.39, 0.29) is 25.0 Å². The Kier molecular flexibility index (Phi) is 8.85. The molecule has 6 nitrogen and oxygen atoms in total. The molecule has 0 aliphatic heterocycles. The van der Waals surface area contributed by atoms with Gasteiger partial charge in [-0.2, -0.15) is 0 Å². The second-order valence-corrected chi connectivity index (χ2v) is 9.03. The third-order valence-corrected chi connectivity index (χ3v) is 6.97. The number of fused-ring (bicyclic) bond motifs is 2. The summed E-state index contributed by atoms with van der Waals surface area (Å²) in [4.78, 5) is 29.1. The van der Waals surface area contributed by atoms with Crippen molar-refractivity contribution in [1.29, 1.82) is 0 Å². The van der Waals surface area contributed by atoms with Crippen molar-refractivity contribution in [3.8, 4) is 22.6 Å². The van der Waals surface area contributed by atoms with E-state index in [1.165, 1.54) is 0 Å². The van der Waals surface area contributed by atoms with Gasteiger partial charge in [0.15, 0.2) is 13.2 Å². The molecule has 0 saturated heterocycles. The smallest absolute Gasteiger partial charge is 0.260 e. The van der Waals surface area contributed by atoms with Crippen molar-refractivity contribution >= 4 is 33.4 Å². The lowest BCUT2D eigenvalue weighted by molar-refractivity contribution is -0.133. The molecule has 198 valence electrons. The monoisotopic (exact) mass is 512 g/mol. The highest BCUT2D eigenvalue weighted by Gasteiger charge is 2.21. The van der Waals surface area contributed by atoms with Gasteiger partial charge >= 0.3 is 0 Å². The van der Waals surface area contributed by atoms with E-state index in [4.69, 9.17) is 9.47 Å². The number of hydrogen-bond donors (Lipinski definition) is 0. The third kappa shape index (κ3) is 5.59. The number of rotatable bonds is 11. The van der Waals surface area contributed by atoms with Gasteiger partial charge in [0.1, 0.15) is 11.5 Å². The van der Waals surface area contributed by atoms with Gasteiger partial charge in [-0.3, -0.25) is 9.59 Å². The van der Waals surface area contributed by atoms with E-state index in [1.54, 1.807) is 9.80 Å². The zero-order chi connectivity index (χ0) is 27.1. The van der Waals surface area contributed by atoms with Crippen LogP contribution < -0.4 is 9.47 Å². The number of ether oxygens (including phenoxy) is 2. The van der Waals surface area contributed by atoms with Gasteiger partial charge in [-0.05, 0) is 61.4 Å². The maximum Gasteiger partial charge on any atom is 0.260 e. The van der Waals surface area contributed by atoms with E-state index in [1.807, 2.05) is 76.2 Å². The van der Waals surface area contributed by atoms with Crippen LogP contribution in [0.15, 0.2) is 72.8 Å². The first-order valence-electron chi connectivity index (χ1n) is 13.4. The summed E-state index contributed by atoms with van der Waals surface area (Å²) in [7, 11) is 0. The van der Waals surface area contributed by atoms with Gasteiger partial charge in [-0.1, -0.05) is 60.7 Å². The minimum absolute atomic E-state index is 0.0611. The van der Waals surface area contributed by atoms with E-state index in [0.717, 1.165) is 32.7 Å². The van der Waals surface area contributed by atoms with Gasteiger partial charge in [0.2, 0.25) is 0 Å². The highest BCUT2D eigenvalue weighted by atomic mass is 16.5. The zero-order valence-corrected chi connectivity index (χ0v) is 22.7. The fourth-order valence-electron chi connectivity index (χ4n) is 4.87. The van der Waals surface area contributed by atoms with Crippen LogP contribution in [-0.2, 0) is 9.59 Å². The quantitative estimate of drug-likeness (QED) is 0.242. The largest absolute Gasteiger partial charge is 0.483 e. The number of hydrogen-bond acceptors (Lipinski definition) is 4. The molecule has 0 aliphatic carbocycles. The summed E-state index contributed by atoms with van der Waals surface area (Å²) in [5.74, 6) is 1.07. The average molecular weight is 513 g/mol. The van der Waals surface area contributed by atoms with Crippen LogP contribution in [0.1, 0.15) is 27.7 Å². The molecule has 0 heterocycles. The molecule has 38 heavy (non-hydrogen) atoms. The lowest BCUT2D eigenvalue weighted by Crippen LogP contribution is -2.34. The van der Waals surface area contributed by atoms with Crippen LogP contribution in [0, 0.1) is 0 Å². The van der Waals surface area contributed by atoms with Crippen molar-refractivity contribution in [3.63, 3.8) is 0 Å². The lowest BCUT2D eigenvalue weighted by atomic mass is 9.92. The molecule has 4 aromatic rings. The molecule has 0 radical (unpaired) electrons. The third-order valence-electron chi connectivity index (χ3n) is 6.97. The van der Waals surface area contributed by atoms with Crippen LogP contribution >= 0.6 is 0 Å². The minimum atomic E-state index is -0.0617. The number of benzene rings is 4. The van der Waals surface area contributed by atoms with E-state index < -0.39 is 0 Å². The molecule has 0 N–H and O–H groups in total. The Morgan fingerprint density at radius 3 is 1.29 bits per heavy atom. The first kappa shape index (κ1) is 27.0. The van der Waals surface area contributed by atoms with Crippen LogP contribution in [0.2, 0.25) is 0 Å². The van der Waals surface area contributed by atoms with Crippen LogP contribution in [0.5, 0.6) is 11.5 Å². The Balaban J connectivity index is 1.86. The Morgan fingerprint density at radius 1 is 0.553 bits per heavy atom. The maximum atomic E-state index is 12.8. The molecule has 0 spiro atoms. The van der Waals surface area contributed by atoms with E-state index in [0.29, 0.717) is 37.7 Å². The average Bonchev–Trinajstić information content (AvgIpc) is 2.95. The van der Waals surface area contributed by atoms with Crippen molar-refractivity contribution in [2.75, 3.05) is 39.4 Å². The Labute approximate surface area is 224 Å². The number of nitrogens with zero attached hydrogens (tertiary/aromatic N) is 2. The molecule has 0 bridgehead atoms. The standard InChI is InChI=1S/C32H36N2O4/c1-5-33(6-2)29(35)21-37-27-19-17-23-13-9-11-15-25(23)31(27)32-26-16-12-10-14-24(26)18-20-28(32)38-22-30(36)34(7-3)8-4/h9-20H,5-8,21-22H2,1-4H3. The van der Waals surface area contributed by atoms with Gasteiger partial charge in [-0.15, -0.1) is 0 Å². The van der Waals surface area contributed by atoms with Crippen molar-refractivity contribution in [2.24, 2.45) is 0 Å². The van der Waals surface area contributed by atoms with Gasteiger partial charge < -0.3 is 19.3 Å². The fraction of sp³-hybridized carbons (Fsp3) is 0.312. The molecular weight excluding hydrogens is 476 g/mol. The molecule has 0 atom stereocenters. The summed E-state index contributed by atoms with van der Waals surface area (Å²) < 4.78 is 12.5. The maximum absolute atomic E-state index is 12.8. The van der Waals surface area contributed by atoms with Gasteiger partial charge in [0, 0.05) is 37.3 Å². The normalized spacial score (nSPS) is 10.9. The number of carbonyl (C=O) groups excluding carboxylic acids is 2. The van der Waals surface area contributed by atoms with Crippen LogP contribution in [0.3, 0.4) is 0 Å². The van der Waals surface area contributed by atoms with E-state index in [2.05, 4.69) is 24.3 Å². The lowest BCUT2D eigenvalue weighted by Gasteiger charge is -2.22. The van der Waals surface area contributed by atoms with Gasteiger partial charge in [0.05, 0.1) is 0 Å². The minimum Gasteiger partial charge on any atom is -0.483 e. The zero-order valence-electron chi connectivity index (χ0n) is 22.7. The van der Waals surface area contributed by atoms with E-state index >= 15 is 0 Å². The molecule has 4 rings (SSSR count). The first-order valence-corrected chi connectivity index (χ1v) is 13.4. The summed E-state index contributed by atoms with van der Waals surface area (Å²) >= 11 is 0. The highest BCUT2D eigenvalue weighted by Crippen LogP contribution is 2.45. The summed E-state index contributed by atoms with van der Waals surface area (Å²) in [6.45, 7) is 10.2. The molecule has 0 fully saturated rings. The van der Waals surface area contributed by atoms with Crippen LogP contribution in [-0.4, -0.2) is 61.0 Å². The van der Waals surface area contributed by atoms with Crippen molar-refractivity contribution in [3.05, 3.63) is 72.8 Å². The summed E-state index contributed by atoms with van der Waals surface area (Å²) in [6.07, 6.45) is 0. The molecular formula is C32H36N2O4. The van der Waals surface area contributed by atoms with E-state index in [9.17, 15) is 9.59 Å². The number of amides is 2. The van der Waals surface area contributed by atoms with Gasteiger partial charge in [-0.25, -0.2) is 0 Å². The van der Waals surface area contributed by atoms with Crippen LogP contribution in [0.4, 0.5) is 0 Å². The predicted octanol–water partition coefficient (Wildman–Crippen LogP) is 6.15. The topological polar surface area (TPSA) is 59.1 Å². The Bertz CT molecular complexity index is 1310. The molecule has 0 aromatic heterocycles. The second kappa shape index (κ2) is 12.5. The van der Waals surface area contributed by atoms with Crippen molar-refractivity contribution in [1.82, 2.24) is 9.80 Å². The van der Waals surface area contributed by atoms with Crippen molar-refractivity contribution in [2.45, 2.75) is 27.7 Å². The van der Waals surface area contributed by atoms with Gasteiger partial charge in [0.25, 0.3) is 11.8 Å². The first-order chi connectivity index (χ1) is 18.5. The number of carbonyl (C=O) groups is 2. The SMILES string of the molecule is CCN(CC)C(=O)COc1ccc2ccccc2c1-c1c(OCC(=O)N(CC)CC)ccc2ccccc12. The fourth-order valence-corrected chi connectivity index (χ4v) is 4.87. The molecule has 4 aromatic carbocycles. The highest BCUT2D eigenvalue weighted by molar-refractivity contribution is 6.09. The molecule has 0 aliphatic rings. The molecule has 0 unspecified atom stereocenters. The summed E-state index contributed by atoms with van der Waals surface area (Å²) in [5.41, 5.74) is 1.69. The second-order valence-electron chi connectivity index (χ2n) is 9.03. The Hall–Kier alpha value is -4.06. The molecule has 0 saturated carbocycles.